The molecule has 0 saturated carbocycles. The molecule has 0 heterocycles. The fourth-order valence-corrected chi connectivity index (χ4v) is 0.552. The molecule has 0 amide bonds. The van der Waals surface area contributed by atoms with E-state index in [1.54, 1.807) is 6.92 Å². The largest absolute Gasteiger partial charge is 0.460 e. The van der Waals surface area contributed by atoms with E-state index in [2.05, 4.69) is 16.6 Å². The van der Waals surface area contributed by atoms with Gasteiger partial charge in [0.25, 0.3) is 5.78 Å². The van der Waals surface area contributed by atoms with Crippen LogP contribution < -0.4 is 0 Å². The maximum atomic E-state index is 10.8. The molecule has 0 unspecified atom stereocenters. The Kier molecular flexibility index (Phi) is 5.72. The van der Waals surface area contributed by atoms with Crippen LogP contribution in [-0.2, 0) is 14.3 Å². The van der Waals surface area contributed by atoms with E-state index in [1.807, 2.05) is 6.92 Å². The molecule has 0 aliphatic carbocycles. The molecule has 0 aromatic carbocycles. The van der Waals surface area contributed by atoms with Crippen molar-refractivity contribution < 1.29 is 14.3 Å². The summed E-state index contributed by atoms with van der Waals surface area (Å²) < 4.78 is 4.48. The molecule has 66 valence electrons. The first-order chi connectivity index (χ1) is 5.72. The Balaban J connectivity index is 3.79. The van der Waals surface area contributed by atoms with Crippen LogP contribution in [0.4, 0.5) is 0 Å². The second-order valence-corrected chi connectivity index (χ2v) is 2.03. The van der Waals surface area contributed by atoms with Crippen molar-refractivity contribution in [3.8, 4) is 11.8 Å². The van der Waals surface area contributed by atoms with Crippen molar-refractivity contribution in [2.24, 2.45) is 0 Å². The topological polar surface area (TPSA) is 43.4 Å². The van der Waals surface area contributed by atoms with Crippen LogP contribution in [0, 0.1) is 11.8 Å². The highest BCUT2D eigenvalue weighted by atomic mass is 16.5. The highest BCUT2D eigenvalue weighted by Gasteiger charge is 2.11. The highest BCUT2D eigenvalue weighted by molar-refractivity contribution is 6.34. The van der Waals surface area contributed by atoms with Gasteiger partial charge < -0.3 is 4.74 Å². The van der Waals surface area contributed by atoms with Gasteiger partial charge >= 0.3 is 5.97 Å². The highest BCUT2D eigenvalue weighted by Crippen LogP contribution is 1.86. The van der Waals surface area contributed by atoms with E-state index in [9.17, 15) is 9.59 Å². The Morgan fingerprint density at radius 3 is 2.42 bits per heavy atom. The van der Waals surface area contributed by atoms with Gasteiger partial charge in [0.05, 0.1) is 13.0 Å². The molecule has 0 fully saturated rings. The summed E-state index contributed by atoms with van der Waals surface area (Å²) in [6.45, 7) is 3.76. The van der Waals surface area contributed by atoms with Gasteiger partial charge in [-0.3, -0.25) is 4.79 Å². The summed E-state index contributed by atoms with van der Waals surface area (Å²) in [6, 6.07) is 0. The monoisotopic (exact) mass is 168 g/mol. The van der Waals surface area contributed by atoms with Crippen LogP contribution in [0.3, 0.4) is 0 Å². The smallest absolute Gasteiger partial charge is 0.375 e. The second kappa shape index (κ2) is 6.41. The number of Topliss-reactive ketones (excluding diaryl/α,β-unsaturated/α-hetero) is 1. The van der Waals surface area contributed by atoms with Crippen LogP contribution >= 0.6 is 0 Å². The van der Waals surface area contributed by atoms with Crippen molar-refractivity contribution in [1.29, 1.82) is 0 Å². The summed E-state index contributed by atoms with van der Waals surface area (Å²) >= 11 is 0. The van der Waals surface area contributed by atoms with Gasteiger partial charge in [0.2, 0.25) is 0 Å². The number of rotatable bonds is 3. The van der Waals surface area contributed by atoms with Crippen molar-refractivity contribution in [1.82, 2.24) is 0 Å². The quantitative estimate of drug-likeness (QED) is 0.357. The summed E-state index contributed by atoms with van der Waals surface area (Å²) in [7, 11) is 0. The minimum atomic E-state index is -0.789. The number of esters is 1. The molecule has 3 heteroatoms. The fraction of sp³-hybridized carbons (Fsp3) is 0.556. The molecular weight excluding hydrogens is 156 g/mol. The van der Waals surface area contributed by atoms with Gasteiger partial charge in [0.15, 0.2) is 0 Å². The lowest BCUT2D eigenvalue weighted by molar-refractivity contribution is -0.153. The van der Waals surface area contributed by atoms with Crippen LogP contribution in [0.5, 0.6) is 0 Å². The number of hydrogen-bond acceptors (Lipinski definition) is 3. The molecule has 0 spiro atoms. The maximum Gasteiger partial charge on any atom is 0.375 e. The third-order valence-electron chi connectivity index (χ3n) is 1.05. The molecule has 0 N–H and O–H groups in total. The SMILES string of the molecule is CCC#CCC(=O)C(=O)OCC. The van der Waals surface area contributed by atoms with E-state index >= 15 is 0 Å². The van der Waals surface area contributed by atoms with Crippen LogP contribution in [0.25, 0.3) is 0 Å². The van der Waals surface area contributed by atoms with Crippen LogP contribution in [0.2, 0.25) is 0 Å². The van der Waals surface area contributed by atoms with E-state index in [4.69, 9.17) is 0 Å². The number of carbonyl (C=O) groups excluding carboxylic acids is 2. The van der Waals surface area contributed by atoms with Crippen LogP contribution in [-0.4, -0.2) is 18.4 Å². The number of hydrogen-bond donors (Lipinski definition) is 0. The predicted octanol–water partition coefficient (Wildman–Crippen LogP) is 0.922. The number of carbonyl (C=O) groups is 2. The maximum absolute atomic E-state index is 10.8. The predicted molar refractivity (Wildman–Crippen MR) is 44.3 cm³/mol. The fourth-order valence-electron chi connectivity index (χ4n) is 0.552. The van der Waals surface area contributed by atoms with Crippen molar-refractivity contribution in [2.75, 3.05) is 6.61 Å². The van der Waals surface area contributed by atoms with E-state index < -0.39 is 11.8 Å². The third-order valence-corrected chi connectivity index (χ3v) is 1.05. The van der Waals surface area contributed by atoms with Gasteiger partial charge in [-0.05, 0) is 6.92 Å². The first kappa shape index (κ1) is 10.7. The molecule has 0 aliphatic rings. The molecule has 0 atom stereocenters. The summed E-state index contributed by atoms with van der Waals surface area (Å²) in [4.78, 5) is 21.5. The Morgan fingerprint density at radius 1 is 1.25 bits per heavy atom. The Morgan fingerprint density at radius 2 is 1.92 bits per heavy atom. The van der Waals surface area contributed by atoms with Crippen molar-refractivity contribution in [3.63, 3.8) is 0 Å². The Bertz CT molecular complexity index is 220. The zero-order valence-electron chi connectivity index (χ0n) is 7.35. The molecule has 12 heavy (non-hydrogen) atoms. The standard InChI is InChI=1S/C9H12O3/c1-3-5-6-7-8(10)9(11)12-4-2/h3-4,7H2,1-2H3. The molecule has 0 aromatic heterocycles. The summed E-state index contributed by atoms with van der Waals surface area (Å²) in [6.07, 6.45) is 0.656. The average molecular weight is 168 g/mol. The lowest BCUT2D eigenvalue weighted by atomic mass is 10.3. The Hall–Kier alpha value is -1.30. The normalized spacial score (nSPS) is 8.17. The van der Waals surface area contributed by atoms with E-state index in [-0.39, 0.29) is 13.0 Å². The second-order valence-electron chi connectivity index (χ2n) is 2.03. The van der Waals surface area contributed by atoms with Gasteiger partial charge in [-0.2, -0.15) is 0 Å². The number of ketones is 1. The molecule has 0 bridgehead atoms. The van der Waals surface area contributed by atoms with E-state index in [0.717, 1.165) is 0 Å². The van der Waals surface area contributed by atoms with Gasteiger partial charge in [-0.25, -0.2) is 4.79 Å². The molecular formula is C9H12O3. The zero-order valence-corrected chi connectivity index (χ0v) is 7.35. The minimum Gasteiger partial charge on any atom is -0.460 e. The molecule has 0 rings (SSSR count). The van der Waals surface area contributed by atoms with E-state index in [1.165, 1.54) is 0 Å². The van der Waals surface area contributed by atoms with Crippen molar-refractivity contribution >= 4 is 11.8 Å². The van der Waals surface area contributed by atoms with E-state index in [0.29, 0.717) is 6.42 Å². The van der Waals surface area contributed by atoms with Gasteiger partial charge in [0.1, 0.15) is 0 Å². The molecule has 0 saturated heterocycles. The minimum absolute atomic E-state index is 0.0350. The average Bonchev–Trinajstić information content (AvgIpc) is 2.05. The van der Waals surface area contributed by atoms with Crippen LogP contribution in [0.15, 0.2) is 0 Å². The lowest BCUT2D eigenvalue weighted by Gasteiger charge is -1.95. The number of ether oxygens (including phenoxy) is 1. The molecule has 0 radical (unpaired) electrons. The molecule has 3 nitrogen and oxygen atoms in total. The zero-order chi connectivity index (χ0) is 9.40. The molecule has 0 aromatic rings. The van der Waals surface area contributed by atoms with Gasteiger partial charge in [-0.15, -0.1) is 5.92 Å². The third kappa shape index (κ3) is 4.51. The van der Waals surface area contributed by atoms with Crippen molar-refractivity contribution in [3.05, 3.63) is 0 Å². The summed E-state index contributed by atoms with van der Waals surface area (Å²) in [5, 5.41) is 0. The van der Waals surface area contributed by atoms with Gasteiger partial charge in [-0.1, -0.05) is 12.8 Å². The van der Waals surface area contributed by atoms with Crippen LogP contribution in [0.1, 0.15) is 26.7 Å². The lowest BCUT2D eigenvalue weighted by Crippen LogP contribution is -2.16. The first-order valence-corrected chi connectivity index (χ1v) is 3.88. The van der Waals surface area contributed by atoms with Gasteiger partial charge in [0, 0.05) is 6.42 Å². The molecule has 0 aliphatic heterocycles. The summed E-state index contributed by atoms with van der Waals surface area (Å²) in [5.74, 6) is 3.91. The Labute approximate surface area is 72.1 Å². The first-order valence-electron chi connectivity index (χ1n) is 3.88. The van der Waals surface area contributed by atoms with Crippen molar-refractivity contribution in [2.45, 2.75) is 26.7 Å². The summed E-state index contributed by atoms with van der Waals surface area (Å²) in [5.41, 5.74) is 0.